The van der Waals surface area contributed by atoms with E-state index < -0.39 is 5.38 Å². The number of rotatable bonds is 6. The molecule has 3 rings (SSSR count). The molecular weight excluding hydrogens is 386 g/mol. The molecule has 29 heavy (non-hydrogen) atoms. The van der Waals surface area contributed by atoms with Gasteiger partial charge >= 0.3 is 0 Å². The predicted molar refractivity (Wildman–Crippen MR) is 119 cm³/mol. The number of halogens is 1. The van der Waals surface area contributed by atoms with Gasteiger partial charge in [0, 0.05) is 30.5 Å². The zero-order valence-electron chi connectivity index (χ0n) is 17.2. The molecule has 6 heteroatoms. The van der Waals surface area contributed by atoms with Gasteiger partial charge in [-0.3, -0.25) is 9.59 Å². The molecule has 5 nitrogen and oxygen atoms in total. The minimum absolute atomic E-state index is 0.0681. The third kappa shape index (κ3) is 5.10. The molecule has 1 heterocycles. The Morgan fingerprint density at radius 3 is 2.55 bits per heavy atom. The fourth-order valence-electron chi connectivity index (χ4n) is 3.42. The molecule has 0 bridgehead atoms. The van der Waals surface area contributed by atoms with Gasteiger partial charge in [-0.05, 0) is 56.0 Å². The zero-order chi connectivity index (χ0) is 21.0. The van der Waals surface area contributed by atoms with Gasteiger partial charge in [0.1, 0.15) is 5.38 Å². The molecule has 1 aliphatic rings. The van der Waals surface area contributed by atoms with Gasteiger partial charge < -0.3 is 15.5 Å². The zero-order valence-corrected chi connectivity index (χ0v) is 17.9. The molecule has 0 spiro atoms. The first-order valence-corrected chi connectivity index (χ1v) is 10.5. The highest BCUT2D eigenvalue weighted by molar-refractivity contribution is 6.32. The van der Waals surface area contributed by atoms with Crippen LogP contribution in [0, 0.1) is 0 Å². The number of hydrogen-bond acceptors (Lipinski definition) is 3. The Bertz CT molecular complexity index is 897. The van der Waals surface area contributed by atoms with E-state index in [2.05, 4.69) is 33.7 Å². The summed E-state index contributed by atoms with van der Waals surface area (Å²) in [7, 11) is 0. The topological polar surface area (TPSA) is 61.4 Å². The summed E-state index contributed by atoms with van der Waals surface area (Å²) in [5.41, 5.74) is 4.63. The van der Waals surface area contributed by atoms with Crippen molar-refractivity contribution in [3.8, 4) is 0 Å². The maximum atomic E-state index is 13.0. The summed E-state index contributed by atoms with van der Waals surface area (Å²) >= 11 is 5.87. The van der Waals surface area contributed by atoms with Gasteiger partial charge in [0.2, 0.25) is 5.91 Å². The van der Waals surface area contributed by atoms with E-state index in [-0.39, 0.29) is 17.9 Å². The van der Waals surface area contributed by atoms with Gasteiger partial charge in [-0.1, -0.05) is 31.2 Å². The van der Waals surface area contributed by atoms with Gasteiger partial charge in [-0.25, -0.2) is 0 Å². The molecule has 0 radical (unpaired) electrons. The largest absolute Gasteiger partial charge is 0.366 e. The Hall–Kier alpha value is -2.53. The lowest BCUT2D eigenvalue weighted by Crippen LogP contribution is -2.36. The van der Waals surface area contributed by atoms with E-state index in [9.17, 15) is 9.59 Å². The number of amides is 2. The van der Waals surface area contributed by atoms with Gasteiger partial charge in [0.05, 0.1) is 5.56 Å². The van der Waals surface area contributed by atoms with Gasteiger partial charge in [-0.2, -0.15) is 0 Å². The minimum atomic E-state index is -0.648. The quantitative estimate of drug-likeness (QED) is 0.692. The second-order valence-corrected chi connectivity index (χ2v) is 8.21. The normalized spacial score (nSPS) is 15.2. The second kappa shape index (κ2) is 9.31. The second-order valence-electron chi connectivity index (χ2n) is 7.56. The summed E-state index contributed by atoms with van der Waals surface area (Å²) in [6.45, 7) is 7.23. The lowest BCUT2D eigenvalue weighted by Gasteiger charge is -2.32. The molecule has 0 fully saturated rings. The van der Waals surface area contributed by atoms with E-state index in [0.29, 0.717) is 11.3 Å². The summed E-state index contributed by atoms with van der Waals surface area (Å²) in [5, 5.41) is 5.18. The maximum absolute atomic E-state index is 13.0. The number of nitrogens with one attached hydrogen (secondary N) is 2. The predicted octanol–water partition coefficient (Wildman–Crippen LogP) is 4.34. The summed E-state index contributed by atoms with van der Waals surface area (Å²) in [6, 6.07) is 14.0. The SMILES string of the molecule is CC[C@H](C)NC(=O)c1cc(NC(=O)[C@@H](C)Cl)ccc1N1CCc2ccccc2C1. The van der Waals surface area contributed by atoms with Crippen molar-refractivity contribution in [1.82, 2.24) is 5.32 Å². The van der Waals surface area contributed by atoms with E-state index in [0.717, 1.165) is 31.6 Å². The van der Waals surface area contributed by atoms with Crippen LogP contribution in [0.4, 0.5) is 11.4 Å². The van der Waals surface area contributed by atoms with E-state index in [1.165, 1.54) is 11.1 Å². The average Bonchev–Trinajstić information content (AvgIpc) is 2.73. The molecule has 0 unspecified atom stereocenters. The third-order valence-corrected chi connectivity index (χ3v) is 5.53. The van der Waals surface area contributed by atoms with Crippen molar-refractivity contribution < 1.29 is 9.59 Å². The smallest absolute Gasteiger partial charge is 0.253 e. The van der Waals surface area contributed by atoms with E-state index >= 15 is 0 Å². The van der Waals surface area contributed by atoms with Gasteiger partial charge in [0.25, 0.3) is 5.91 Å². The van der Waals surface area contributed by atoms with Crippen molar-refractivity contribution >= 4 is 34.8 Å². The number of alkyl halides is 1. The number of carbonyl (C=O) groups is 2. The minimum Gasteiger partial charge on any atom is -0.366 e. The van der Waals surface area contributed by atoms with Crippen LogP contribution in [0.25, 0.3) is 0 Å². The van der Waals surface area contributed by atoms with Crippen LogP contribution >= 0.6 is 11.6 Å². The van der Waals surface area contributed by atoms with Crippen molar-refractivity contribution in [2.45, 2.75) is 51.6 Å². The molecule has 2 N–H and O–H groups in total. The van der Waals surface area contributed by atoms with E-state index in [1.807, 2.05) is 32.0 Å². The molecular formula is C23H28ClN3O2. The Labute approximate surface area is 177 Å². The molecule has 0 aromatic heterocycles. The highest BCUT2D eigenvalue weighted by atomic mass is 35.5. The summed E-state index contributed by atoms with van der Waals surface area (Å²) < 4.78 is 0. The fraction of sp³-hybridized carbons (Fsp3) is 0.391. The number of carbonyl (C=O) groups excluding carboxylic acids is 2. The molecule has 1 aliphatic heterocycles. The highest BCUT2D eigenvalue weighted by Gasteiger charge is 2.23. The first-order chi connectivity index (χ1) is 13.9. The van der Waals surface area contributed by atoms with Crippen molar-refractivity contribution in [3.05, 3.63) is 59.2 Å². The van der Waals surface area contributed by atoms with Crippen LogP contribution in [0.2, 0.25) is 0 Å². The first-order valence-electron chi connectivity index (χ1n) is 10.1. The molecule has 2 aromatic rings. The van der Waals surface area contributed by atoms with Gasteiger partial charge in [0.15, 0.2) is 0 Å². The molecule has 2 aromatic carbocycles. The number of nitrogens with zero attached hydrogens (tertiary/aromatic N) is 1. The van der Waals surface area contributed by atoms with Crippen LogP contribution in [-0.2, 0) is 17.8 Å². The maximum Gasteiger partial charge on any atom is 0.253 e. The lowest BCUT2D eigenvalue weighted by atomic mass is 9.98. The third-order valence-electron chi connectivity index (χ3n) is 5.33. The molecule has 0 aliphatic carbocycles. The average molecular weight is 414 g/mol. The van der Waals surface area contributed by atoms with Crippen LogP contribution in [0.1, 0.15) is 48.7 Å². The van der Waals surface area contributed by atoms with Crippen LogP contribution in [0.5, 0.6) is 0 Å². The Kier molecular flexibility index (Phi) is 6.80. The van der Waals surface area contributed by atoms with Crippen LogP contribution in [-0.4, -0.2) is 29.8 Å². The molecule has 0 saturated heterocycles. The van der Waals surface area contributed by atoms with Crippen molar-refractivity contribution in [2.24, 2.45) is 0 Å². The molecule has 2 amide bonds. The van der Waals surface area contributed by atoms with Crippen LogP contribution in [0.3, 0.4) is 0 Å². The summed E-state index contributed by atoms with van der Waals surface area (Å²) in [5.74, 6) is -0.428. The Morgan fingerprint density at radius 2 is 1.86 bits per heavy atom. The van der Waals surface area contributed by atoms with Crippen LogP contribution in [0.15, 0.2) is 42.5 Å². The van der Waals surface area contributed by atoms with E-state index in [4.69, 9.17) is 11.6 Å². The summed E-state index contributed by atoms with van der Waals surface area (Å²) in [6.07, 6.45) is 1.78. The lowest BCUT2D eigenvalue weighted by molar-refractivity contribution is -0.115. The van der Waals surface area contributed by atoms with Gasteiger partial charge in [-0.15, -0.1) is 11.6 Å². The van der Waals surface area contributed by atoms with Crippen LogP contribution < -0.4 is 15.5 Å². The standard InChI is InChI=1S/C23H28ClN3O2/c1-4-15(2)25-23(29)20-13-19(26-22(28)16(3)24)9-10-21(20)27-12-11-17-7-5-6-8-18(17)14-27/h5-10,13,15-16H,4,11-12,14H2,1-3H3,(H,25,29)(H,26,28)/t15-,16+/m0/s1. The molecule has 2 atom stereocenters. The first kappa shape index (κ1) is 21.2. The monoisotopic (exact) mass is 413 g/mol. The van der Waals surface area contributed by atoms with E-state index in [1.54, 1.807) is 13.0 Å². The van der Waals surface area contributed by atoms with Crippen molar-refractivity contribution in [1.29, 1.82) is 0 Å². The Morgan fingerprint density at radius 1 is 1.14 bits per heavy atom. The molecule has 0 saturated carbocycles. The molecule has 154 valence electrons. The van der Waals surface area contributed by atoms with Crippen molar-refractivity contribution in [2.75, 3.05) is 16.8 Å². The Balaban J connectivity index is 1.93. The number of hydrogen-bond donors (Lipinski definition) is 2. The number of fused-ring (bicyclic) bond motifs is 1. The fourth-order valence-corrected chi connectivity index (χ4v) is 3.47. The number of benzene rings is 2. The van der Waals surface area contributed by atoms with Crippen molar-refractivity contribution in [3.63, 3.8) is 0 Å². The number of anilines is 2. The highest BCUT2D eigenvalue weighted by Crippen LogP contribution is 2.30. The summed E-state index contributed by atoms with van der Waals surface area (Å²) in [4.78, 5) is 27.2.